The summed E-state index contributed by atoms with van der Waals surface area (Å²) >= 11 is 0. The minimum Gasteiger partial charge on any atom is -0.483 e. The van der Waals surface area contributed by atoms with Crippen LogP contribution in [0.5, 0.6) is 5.75 Å². The van der Waals surface area contributed by atoms with Gasteiger partial charge in [-0.15, -0.1) is 0 Å². The summed E-state index contributed by atoms with van der Waals surface area (Å²) in [7, 11) is 0. The fraction of sp³-hybridized carbons (Fsp3) is 0.125. The van der Waals surface area contributed by atoms with E-state index in [0.717, 1.165) is 22.8 Å². The fourth-order valence-corrected chi connectivity index (χ4v) is 1.22. The monoisotopic (exact) mass is 147 g/mol. The highest BCUT2D eigenvalue weighted by atomic mass is 16.6. The van der Waals surface area contributed by atoms with Crippen molar-refractivity contribution in [3.8, 4) is 5.75 Å². The second-order valence-corrected chi connectivity index (χ2v) is 2.51. The van der Waals surface area contributed by atoms with Gasteiger partial charge < -0.3 is 9.47 Å². The molecule has 0 spiro atoms. The van der Waals surface area contributed by atoms with Gasteiger partial charge in [0.25, 0.3) is 0 Å². The number of ether oxygens (including phenoxy) is 2. The van der Waals surface area contributed by atoms with Crippen molar-refractivity contribution in [1.82, 2.24) is 4.98 Å². The van der Waals surface area contributed by atoms with Crippen molar-refractivity contribution in [3.05, 3.63) is 29.8 Å². The second-order valence-electron chi connectivity index (χ2n) is 2.51. The van der Waals surface area contributed by atoms with Gasteiger partial charge in [-0.25, -0.2) is 0 Å². The van der Waals surface area contributed by atoms with E-state index in [1.165, 1.54) is 0 Å². The molecular formula is C8H5NO2. The Labute approximate surface area is 63.3 Å². The highest BCUT2D eigenvalue weighted by Gasteiger charge is 2.33. The smallest absolute Gasteiger partial charge is 0.185 e. The summed E-state index contributed by atoms with van der Waals surface area (Å²) in [5.41, 5.74) is 1.03. The van der Waals surface area contributed by atoms with E-state index in [1.807, 2.05) is 6.07 Å². The molecule has 1 aromatic heterocycles. The van der Waals surface area contributed by atoms with Crippen LogP contribution in [0.2, 0.25) is 0 Å². The lowest BCUT2D eigenvalue weighted by Crippen LogP contribution is -2.00. The number of hydrogen-bond donors (Lipinski definition) is 0. The maximum Gasteiger partial charge on any atom is 0.185 e. The van der Waals surface area contributed by atoms with Crippen LogP contribution in [0.25, 0.3) is 5.76 Å². The Morgan fingerprint density at radius 3 is 3.45 bits per heavy atom. The molecule has 0 amide bonds. The van der Waals surface area contributed by atoms with Gasteiger partial charge in [0.1, 0.15) is 12.4 Å². The van der Waals surface area contributed by atoms with Crippen LogP contribution in [0.15, 0.2) is 24.2 Å². The van der Waals surface area contributed by atoms with Crippen LogP contribution in [-0.4, -0.2) is 11.6 Å². The Hall–Kier alpha value is -1.51. The molecule has 0 fully saturated rings. The molecule has 11 heavy (non-hydrogen) atoms. The maximum absolute atomic E-state index is 5.33. The molecule has 2 aliphatic heterocycles. The highest BCUT2D eigenvalue weighted by Crippen LogP contribution is 2.43. The predicted octanol–water partition coefficient (Wildman–Crippen LogP) is 1.17. The van der Waals surface area contributed by atoms with Crippen LogP contribution in [0.4, 0.5) is 0 Å². The molecule has 0 bridgehead atoms. The van der Waals surface area contributed by atoms with Crippen molar-refractivity contribution >= 4 is 5.76 Å². The van der Waals surface area contributed by atoms with Crippen molar-refractivity contribution in [2.24, 2.45) is 0 Å². The lowest BCUT2D eigenvalue weighted by Gasteiger charge is -2.05. The first-order valence-corrected chi connectivity index (χ1v) is 3.43. The minimum atomic E-state index is 0.564. The van der Waals surface area contributed by atoms with Crippen LogP contribution in [-0.2, 0) is 4.74 Å². The fourth-order valence-electron chi connectivity index (χ4n) is 1.22. The summed E-state index contributed by atoms with van der Waals surface area (Å²) in [6, 6.07) is 1.90. The van der Waals surface area contributed by atoms with E-state index < -0.39 is 0 Å². The molecule has 3 heterocycles. The molecule has 1 aromatic rings. The lowest BCUT2D eigenvalue weighted by molar-refractivity contribution is 0.324. The third-order valence-corrected chi connectivity index (χ3v) is 1.82. The predicted molar refractivity (Wildman–Crippen MR) is 37.7 cm³/mol. The lowest BCUT2D eigenvalue weighted by atomic mass is 10.2. The summed E-state index contributed by atoms with van der Waals surface area (Å²) in [5, 5.41) is 0. The van der Waals surface area contributed by atoms with Crippen LogP contribution in [0, 0.1) is 0 Å². The summed E-state index contributed by atoms with van der Waals surface area (Å²) in [5.74, 6) is 2.76. The second kappa shape index (κ2) is 1.56. The van der Waals surface area contributed by atoms with Gasteiger partial charge in [-0.2, -0.15) is 0 Å². The van der Waals surface area contributed by atoms with E-state index in [9.17, 15) is 0 Å². The molecule has 0 aliphatic carbocycles. The van der Waals surface area contributed by atoms with Gasteiger partial charge in [-0.3, -0.25) is 4.98 Å². The Morgan fingerprint density at radius 2 is 2.45 bits per heavy atom. The first-order chi connectivity index (χ1) is 5.45. The minimum absolute atomic E-state index is 0.564. The third kappa shape index (κ3) is 0.596. The topological polar surface area (TPSA) is 34.6 Å². The van der Waals surface area contributed by atoms with Crippen molar-refractivity contribution in [1.29, 1.82) is 0 Å². The van der Waals surface area contributed by atoms with Gasteiger partial charge in [-0.05, 0) is 6.07 Å². The van der Waals surface area contributed by atoms with Crippen molar-refractivity contribution in [3.63, 3.8) is 0 Å². The molecule has 54 valence electrons. The Bertz CT molecular complexity index is 357. The average molecular weight is 147 g/mol. The Morgan fingerprint density at radius 1 is 1.45 bits per heavy atom. The van der Waals surface area contributed by atoms with E-state index >= 15 is 0 Å². The van der Waals surface area contributed by atoms with Crippen LogP contribution in [0.3, 0.4) is 0 Å². The molecule has 2 aliphatic rings. The van der Waals surface area contributed by atoms with Gasteiger partial charge in [0.05, 0.1) is 11.8 Å². The molecule has 0 atom stereocenters. The molecule has 0 N–H and O–H groups in total. The van der Waals surface area contributed by atoms with Gasteiger partial charge in [0, 0.05) is 6.20 Å². The summed E-state index contributed by atoms with van der Waals surface area (Å²) in [4.78, 5) is 3.95. The third-order valence-electron chi connectivity index (χ3n) is 1.82. The number of hydrogen-bond acceptors (Lipinski definition) is 3. The maximum atomic E-state index is 5.33. The molecule has 0 saturated heterocycles. The standard InChI is InChI=1S/C8H5NO2/c1-2-9-3-6-5(1)8-7(11-8)4-10-6/h1-3H,4H2. The first kappa shape index (κ1) is 5.18. The molecule has 0 unspecified atom stereocenters. The highest BCUT2D eigenvalue weighted by molar-refractivity contribution is 5.76. The molecular weight excluding hydrogens is 142 g/mol. The van der Waals surface area contributed by atoms with Crippen LogP contribution in [0.1, 0.15) is 5.56 Å². The van der Waals surface area contributed by atoms with Gasteiger partial charge in [-0.1, -0.05) is 0 Å². The van der Waals surface area contributed by atoms with Crippen LogP contribution < -0.4 is 4.74 Å². The van der Waals surface area contributed by atoms with Gasteiger partial charge in [0.2, 0.25) is 0 Å². The van der Waals surface area contributed by atoms with Crippen molar-refractivity contribution in [2.45, 2.75) is 0 Å². The molecule has 3 rings (SSSR count). The van der Waals surface area contributed by atoms with E-state index in [4.69, 9.17) is 9.47 Å². The zero-order valence-electron chi connectivity index (χ0n) is 5.70. The Kier molecular flexibility index (Phi) is 0.733. The molecule has 0 radical (unpaired) electrons. The van der Waals surface area contributed by atoms with Crippen molar-refractivity contribution in [2.75, 3.05) is 6.61 Å². The zero-order chi connectivity index (χ0) is 7.26. The van der Waals surface area contributed by atoms with E-state index in [1.54, 1.807) is 12.4 Å². The van der Waals surface area contributed by atoms with E-state index in [2.05, 4.69) is 4.98 Å². The normalized spacial score (nSPS) is 17.8. The van der Waals surface area contributed by atoms with E-state index in [0.29, 0.717) is 6.61 Å². The summed E-state index contributed by atoms with van der Waals surface area (Å²) in [6.07, 6.45) is 3.45. The SMILES string of the molecule is c1cc2c(cn1)OCC1=C2O1. The quantitative estimate of drug-likeness (QED) is 0.552. The molecule has 3 nitrogen and oxygen atoms in total. The van der Waals surface area contributed by atoms with Gasteiger partial charge in [0.15, 0.2) is 11.5 Å². The zero-order valence-corrected chi connectivity index (χ0v) is 5.70. The van der Waals surface area contributed by atoms with Crippen molar-refractivity contribution < 1.29 is 9.47 Å². The van der Waals surface area contributed by atoms with Gasteiger partial charge >= 0.3 is 0 Å². The summed E-state index contributed by atoms with van der Waals surface area (Å²) in [6.45, 7) is 0.564. The number of nitrogens with zero attached hydrogens (tertiary/aromatic N) is 1. The summed E-state index contributed by atoms with van der Waals surface area (Å²) < 4.78 is 10.5. The Balaban J connectivity index is 2.25. The number of aromatic nitrogens is 1. The molecule has 0 aromatic carbocycles. The number of pyridine rings is 1. The molecule has 0 saturated carbocycles. The molecule has 3 heteroatoms. The van der Waals surface area contributed by atoms with E-state index in [-0.39, 0.29) is 0 Å². The average Bonchev–Trinajstić information content (AvgIpc) is 2.83. The number of rotatable bonds is 0. The number of fused-ring (bicyclic) bond motifs is 2. The van der Waals surface area contributed by atoms with Crippen LogP contribution >= 0.6 is 0 Å². The first-order valence-electron chi connectivity index (χ1n) is 3.43. The largest absolute Gasteiger partial charge is 0.483 e.